The minimum atomic E-state index is 0.685. The van der Waals surface area contributed by atoms with E-state index in [0.717, 1.165) is 29.1 Å². The summed E-state index contributed by atoms with van der Waals surface area (Å²) < 4.78 is 2.17. The summed E-state index contributed by atoms with van der Waals surface area (Å²) in [6.45, 7) is 1.49. The third kappa shape index (κ3) is 2.94. The molecule has 0 radical (unpaired) electrons. The first-order valence-corrected chi connectivity index (χ1v) is 7.59. The van der Waals surface area contributed by atoms with Crippen molar-refractivity contribution in [3.63, 3.8) is 0 Å². The van der Waals surface area contributed by atoms with Gasteiger partial charge in [0.05, 0.1) is 23.9 Å². The Morgan fingerprint density at radius 3 is 2.91 bits per heavy atom. The van der Waals surface area contributed by atoms with Crippen LogP contribution in [0.5, 0.6) is 0 Å². The van der Waals surface area contributed by atoms with Gasteiger partial charge in [-0.2, -0.15) is 0 Å². The second-order valence-electron chi connectivity index (χ2n) is 5.45. The molecule has 0 aliphatic rings. The molecule has 0 atom stereocenters. The van der Waals surface area contributed by atoms with Crippen LogP contribution in [-0.4, -0.2) is 19.5 Å². The number of fused-ring (bicyclic) bond motifs is 1. The van der Waals surface area contributed by atoms with E-state index in [1.807, 2.05) is 30.7 Å². The Balaban J connectivity index is 1.52. The number of rotatable bonds is 5. The van der Waals surface area contributed by atoms with Gasteiger partial charge in [-0.1, -0.05) is 24.3 Å². The number of aromatic nitrogens is 4. The van der Waals surface area contributed by atoms with Crippen molar-refractivity contribution in [3.8, 4) is 0 Å². The van der Waals surface area contributed by atoms with Crippen LogP contribution < -0.4 is 5.32 Å². The normalized spacial score (nSPS) is 11.0. The molecule has 5 nitrogen and oxygen atoms in total. The fraction of sp³-hybridized carbons (Fsp3) is 0.111. The molecule has 0 aliphatic carbocycles. The number of imidazole rings is 2. The average molecular weight is 303 g/mol. The van der Waals surface area contributed by atoms with Crippen LogP contribution >= 0.6 is 0 Å². The minimum absolute atomic E-state index is 0.685. The summed E-state index contributed by atoms with van der Waals surface area (Å²) in [5, 5.41) is 3.39. The highest BCUT2D eigenvalue weighted by Crippen LogP contribution is 2.16. The smallest absolute Gasteiger partial charge is 0.125 e. The van der Waals surface area contributed by atoms with Gasteiger partial charge in [-0.25, -0.2) is 9.97 Å². The maximum absolute atomic E-state index is 4.44. The van der Waals surface area contributed by atoms with Crippen LogP contribution in [-0.2, 0) is 13.1 Å². The van der Waals surface area contributed by atoms with Gasteiger partial charge in [0.2, 0.25) is 0 Å². The van der Waals surface area contributed by atoms with Crippen molar-refractivity contribution in [3.05, 3.63) is 78.6 Å². The Morgan fingerprint density at radius 2 is 2.00 bits per heavy atom. The summed E-state index contributed by atoms with van der Waals surface area (Å²) in [5.74, 6) is 0.927. The first-order chi connectivity index (χ1) is 11.4. The van der Waals surface area contributed by atoms with Gasteiger partial charge in [-0.05, 0) is 29.8 Å². The Kier molecular flexibility index (Phi) is 3.52. The fourth-order valence-electron chi connectivity index (χ4n) is 2.69. The summed E-state index contributed by atoms with van der Waals surface area (Å²) in [6, 6.07) is 16.6. The molecule has 0 amide bonds. The highest BCUT2D eigenvalue weighted by molar-refractivity contribution is 5.75. The van der Waals surface area contributed by atoms with E-state index in [9.17, 15) is 0 Å². The predicted molar refractivity (Wildman–Crippen MR) is 91.2 cm³/mol. The van der Waals surface area contributed by atoms with Crippen LogP contribution in [0.1, 0.15) is 11.4 Å². The van der Waals surface area contributed by atoms with Gasteiger partial charge >= 0.3 is 0 Å². The van der Waals surface area contributed by atoms with E-state index in [1.54, 1.807) is 6.20 Å². The lowest BCUT2D eigenvalue weighted by molar-refractivity contribution is 0.824. The third-order valence-corrected chi connectivity index (χ3v) is 3.82. The summed E-state index contributed by atoms with van der Waals surface area (Å²) in [5.41, 5.74) is 4.50. The minimum Gasteiger partial charge on any atom is -0.378 e. The second-order valence-corrected chi connectivity index (χ2v) is 5.45. The molecule has 2 aromatic heterocycles. The summed E-state index contributed by atoms with van der Waals surface area (Å²) in [6.07, 6.45) is 5.49. The van der Waals surface area contributed by atoms with Crippen LogP contribution in [0.25, 0.3) is 11.0 Å². The molecule has 114 valence electrons. The number of benzene rings is 2. The van der Waals surface area contributed by atoms with Gasteiger partial charge in [-0.15, -0.1) is 0 Å². The molecule has 0 bridgehead atoms. The van der Waals surface area contributed by atoms with E-state index in [1.165, 1.54) is 5.56 Å². The Bertz CT molecular complexity index is 908. The highest BCUT2D eigenvalue weighted by Gasteiger charge is 2.03. The molecule has 0 aliphatic heterocycles. The van der Waals surface area contributed by atoms with Crippen molar-refractivity contribution in [1.29, 1.82) is 0 Å². The summed E-state index contributed by atoms with van der Waals surface area (Å²) in [7, 11) is 0. The van der Waals surface area contributed by atoms with Gasteiger partial charge in [0, 0.05) is 24.6 Å². The molecular formula is C18H17N5. The molecule has 4 aromatic rings. The molecule has 2 N–H and O–H groups in total. The lowest BCUT2D eigenvalue weighted by atomic mass is 10.2. The number of anilines is 1. The highest BCUT2D eigenvalue weighted by atomic mass is 15.0. The number of hydrogen-bond acceptors (Lipinski definition) is 3. The quantitative estimate of drug-likeness (QED) is 0.594. The fourth-order valence-corrected chi connectivity index (χ4v) is 2.69. The topological polar surface area (TPSA) is 58.5 Å². The van der Waals surface area contributed by atoms with Crippen LogP contribution in [0.4, 0.5) is 5.69 Å². The zero-order valence-corrected chi connectivity index (χ0v) is 12.6. The Hall–Kier alpha value is -3.08. The number of nitrogens with zero attached hydrogens (tertiary/aromatic N) is 3. The SMILES string of the molecule is c1cc(Cn2cnc3ccccc32)cc(NCc2ncc[nH]2)c1. The van der Waals surface area contributed by atoms with Crippen molar-refractivity contribution in [2.75, 3.05) is 5.32 Å². The van der Waals surface area contributed by atoms with Crippen LogP contribution in [0.2, 0.25) is 0 Å². The summed E-state index contributed by atoms with van der Waals surface area (Å²) in [4.78, 5) is 11.8. The molecule has 5 heteroatoms. The second kappa shape index (κ2) is 5.96. The van der Waals surface area contributed by atoms with Gasteiger partial charge in [-0.3, -0.25) is 0 Å². The molecular weight excluding hydrogens is 286 g/mol. The van der Waals surface area contributed by atoms with E-state index in [2.05, 4.69) is 55.2 Å². The van der Waals surface area contributed by atoms with Crippen LogP contribution in [0.3, 0.4) is 0 Å². The van der Waals surface area contributed by atoms with Crippen molar-refractivity contribution in [2.45, 2.75) is 13.1 Å². The molecule has 0 saturated carbocycles. The lowest BCUT2D eigenvalue weighted by Crippen LogP contribution is -2.03. The molecule has 4 rings (SSSR count). The monoisotopic (exact) mass is 303 g/mol. The van der Waals surface area contributed by atoms with E-state index in [-0.39, 0.29) is 0 Å². The zero-order valence-electron chi connectivity index (χ0n) is 12.6. The standard InChI is InChI=1S/C18H17N5/c1-2-7-17-16(6-1)22-13-23(17)12-14-4-3-5-15(10-14)21-11-18-19-8-9-20-18/h1-10,13,21H,11-12H2,(H,19,20). The third-order valence-electron chi connectivity index (χ3n) is 3.82. The molecule has 0 saturated heterocycles. The summed E-state index contributed by atoms with van der Waals surface area (Å²) >= 11 is 0. The number of H-pyrrole nitrogens is 1. The molecule has 2 aromatic carbocycles. The molecule has 23 heavy (non-hydrogen) atoms. The maximum Gasteiger partial charge on any atom is 0.125 e. The van der Waals surface area contributed by atoms with Crippen LogP contribution in [0, 0.1) is 0 Å². The lowest BCUT2D eigenvalue weighted by Gasteiger charge is -2.09. The van der Waals surface area contributed by atoms with Crippen molar-refractivity contribution in [2.24, 2.45) is 0 Å². The van der Waals surface area contributed by atoms with Gasteiger partial charge in [0.1, 0.15) is 5.82 Å². The molecule has 0 fully saturated rings. The Morgan fingerprint density at radius 1 is 1.04 bits per heavy atom. The molecule has 2 heterocycles. The van der Waals surface area contributed by atoms with Gasteiger partial charge < -0.3 is 14.9 Å². The number of aromatic amines is 1. The first kappa shape index (κ1) is 13.6. The van der Waals surface area contributed by atoms with Gasteiger partial charge in [0.15, 0.2) is 0 Å². The number of para-hydroxylation sites is 2. The predicted octanol–water partition coefficient (Wildman–Crippen LogP) is 3.42. The average Bonchev–Trinajstić information content (AvgIpc) is 3.24. The maximum atomic E-state index is 4.44. The van der Waals surface area contributed by atoms with E-state index in [0.29, 0.717) is 6.54 Å². The van der Waals surface area contributed by atoms with Crippen molar-refractivity contribution < 1.29 is 0 Å². The van der Waals surface area contributed by atoms with Crippen molar-refractivity contribution in [1.82, 2.24) is 19.5 Å². The molecule has 0 spiro atoms. The number of nitrogens with one attached hydrogen (secondary N) is 2. The number of hydrogen-bond donors (Lipinski definition) is 2. The molecule has 0 unspecified atom stereocenters. The van der Waals surface area contributed by atoms with Crippen molar-refractivity contribution >= 4 is 16.7 Å². The first-order valence-electron chi connectivity index (χ1n) is 7.59. The zero-order chi connectivity index (χ0) is 15.5. The van der Waals surface area contributed by atoms with E-state index in [4.69, 9.17) is 0 Å². The van der Waals surface area contributed by atoms with Crippen LogP contribution in [0.15, 0.2) is 67.3 Å². The largest absolute Gasteiger partial charge is 0.378 e. The Labute approximate surface area is 134 Å². The van der Waals surface area contributed by atoms with E-state index >= 15 is 0 Å². The van der Waals surface area contributed by atoms with E-state index < -0.39 is 0 Å². The van der Waals surface area contributed by atoms with Gasteiger partial charge in [0.25, 0.3) is 0 Å².